The van der Waals surface area contributed by atoms with Crippen molar-refractivity contribution in [3.63, 3.8) is 0 Å². The van der Waals surface area contributed by atoms with Gasteiger partial charge in [0, 0.05) is 12.1 Å². The molecule has 0 aliphatic rings. The lowest BCUT2D eigenvalue weighted by atomic mass is 10.1. The number of benzene rings is 2. The Kier molecular flexibility index (Phi) is 3.90. The molecule has 0 aliphatic carbocycles. The van der Waals surface area contributed by atoms with Crippen LogP contribution in [0.25, 0.3) is 0 Å². The first-order valence-corrected chi connectivity index (χ1v) is 6.11. The first-order valence-electron chi connectivity index (χ1n) is 5.74. The minimum absolute atomic E-state index is 0.00278. The highest BCUT2D eigenvalue weighted by molar-refractivity contribution is 6.31. The molecule has 100 valence electrons. The number of nitrogens with two attached hydrogens (primary N) is 1. The molecule has 1 unspecified atom stereocenters. The van der Waals surface area contributed by atoms with Gasteiger partial charge in [-0.2, -0.15) is 0 Å². The van der Waals surface area contributed by atoms with E-state index in [1.54, 1.807) is 12.1 Å². The van der Waals surface area contributed by atoms with Gasteiger partial charge in [0.1, 0.15) is 11.6 Å². The molecule has 2 rings (SSSR count). The van der Waals surface area contributed by atoms with E-state index in [0.717, 1.165) is 5.56 Å². The first kappa shape index (κ1) is 13.6. The smallest absolute Gasteiger partial charge is 0.143 e. The lowest BCUT2D eigenvalue weighted by molar-refractivity contribution is 0.626. The molecule has 5 heteroatoms. The number of nitrogen functional groups attached to an aromatic ring is 1. The van der Waals surface area contributed by atoms with Crippen molar-refractivity contribution < 1.29 is 8.78 Å². The van der Waals surface area contributed by atoms with Crippen LogP contribution in [-0.2, 0) is 0 Å². The fourth-order valence-corrected chi connectivity index (χ4v) is 1.92. The van der Waals surface area contributed by atoms with E-state index in [2.05, 4.69) is 5.32 Å². The van der Waals surface area contributed by atoms with Gasteiger partial charge in [0.2, 0.25) is 0 Å². The summed E-state index contributed by atoms with van der Waals surface area (Å²) in [5, 5.41) is 3.12. The van der Waals surface area contributed by atoms with E-state index < -0.39 is 5.82 Å². The van der Waals surface area contributed by atoms with Crippen molar-refractivity contribution in [2.24, 2.45) is 0 Å². The third-order valence-corrected chi connectivity index (χ3v) is 3.12. The zero-order chi connectivity index (χ0) is 14.0. The average molecular weight is 283 g/mol. The van der Waals surface area contributed by atoms with E-state index in [0.29, 0.717) is 5.69 Å². The monoisotopic (exact) mass is 282 g/mol. The van der Waals surface area contributed by atoms with Crippen LogP contribution in [-0.4, -0.2) is 0 Å². The molecule has 2 aromatic carbocycles. The Morgan fingerprint density at radius 2 is 1.79 bits per heavy atom. The lowest BCUT2D eigenvalue weighted by Gasteiger charge is -2.17. The molecule has 2 nitrogen and oxygen atoms in total. The van der Waals surface area contributed by atoms with Crippen LogP contribution in [0.3, 0.4) is 0 Å². The number of rotatable bonds is 3. The highest BCUT2D eigenvalue weighted by atomic mass is 35.5. The third-order valence-electron chi connectivity index (χ3n) is 2.83. The zero-order valence-corrected chi connectivity index (χ0v) is 11.0. The molecule has 3 N–H and O–H groups in total. The van der Waals surface area contributed by atoms with E-state index in [4.69, 9.17) is 17.3 Å². The summed E-state index contributed by atoms with van der Waals surface area (Å²) in [6.07, 6.45) is 0. The molecular weight excluding hydrogens is 270 g/mol. The van der Waals surface area contributed by atoms with Crippen LogP contribution in [0, 0.1) is 11.6 Å². The van der Waals surface area contributed by atoms with Crippen molar-refractivity contribution in [3.05, 3.63) is 58.6 Å². The summed E-state index contributed by atoms with van der Waals surface area (Å²) in [7, 11) is 0. The van der Waals surface area contributed by atoms with Crippen LogP contribution in [0.1, 0.15) is 18.5 Å². The molecule has 2 aromatic rings. The summed E-state index contributed by atoms with van der Waals surface area (Å²) in [5.74, 6) is -0.848. The Bertz CT molecular complexity index is 585. The second kappa shape index (κ2) is 5.45. The van der Waals surface area contributed by atoms with Gasteiger partial charge in [0.25, 0.3) is 0 Å². The Hall–Kier alpha value is -1.81. The van der Waals surface area contributed by atoms with Crippen LogP contribution < -0.4 is 11.1 Å². The van der Waals surface area contributed by atoms with E-state index >= 15 is 0 Å². The number of nitrogens with one attached hydrogen (secondary N) is 1. The molecule has 0 fully saturated rings. The number of hydrogen-bond donors (Lipinski definition) is 2. The van der Waals surface area contributed by atoms with Crippen LogP contribution in [0.5, 0.6) is 0 Å². The summed E-state index contributed by atoms with van der Waals surface area (Å²) in [6, 6.07) is 8.62. The van der Waals surface area contributed by atoms with Crippen LogP contribution in [0.2, 0.25) is 5.02 Å². The molecule has 0 amide bonds. The highest BCUT2D eigenvalue weighted by Gasteiger charge is 2.10. The van der Waals surface area contributed by atoms with Crippen LogP contribution in [0.15, 0.2) is 36.4 Å². The lowest BCUT2D eigenvalue weighted by Crippen LogP contribution is -2.08. The summed E-state index contributed by atoms with van der Waals surface area (Å²) in [4.78, 5) is 0. The molecular formula is C14H13ClF2N2. The number of halogens is 3. The average Bonchev–Trinajstić information content (AvgIpc) is 2.36. The van der Waals surface area contributed by atoms with Crippen molar-refractivity contribution in [2.45, 2.75) is 13.0 Å². The second-order valence-electron chi connectivity index (χ2n) is 4.27. The van der Waals surface area contributed by atoms with Gasteiger partial charge in [-0.3, -0.25) is 0 Å². The minimum Gasteiger partial charge on any atom is -0.397 e. The zero-order valence-electron chi connectivity index (χ0n) is 10.3. The van der Waals surface area contributed by atoms with Gasteiger partial charge in [0.05, 0.1) is 16.4 Å². The van der Waals surface area contributed by atoms with Gasteiger partial charge in [-0.05, 0) is 30.7 Å². The molecule has 0 bridgehead atoms. The van der Waals surface area contributed by atoms with Gasteiger partial charge < -0.3 is 11.1 Å². The molecule has 0 saturated heterocycles. The molecule has 1 atom stereocenters. The summed E-state index contributed by atoms with van der Waals surface area (Å²) >= 11 is 5.72. The standard InChI is InChI=1S/C14H13ClF2N2/c1-8(9-2-4-10(16)5-3-9)19-14-6-11(15)12(17)7-13(14)18/h2-8,19H,18H2,1H3. The van der Waals surface area contributed by atoms with Crippen molar-refractivity contribution >= 4 is 23.0 Å². The largest absolute Gasteiger partial charge is 0.397 e. The Labute approximate surface area is 115 Å². The van der Waals surface area contributed by atoms with Gasteiger partial charge >= 0.3 is 0 Å². The number of hydrogen-bond acceptors (Lipinski definition) is 2. The van der Waals surface area contributed by atoms with Crippen molar-refractivity contribution in [2.75, 3.05) is 11.1 Å². The predicted molar refractivity (Wildman–Crippen MR) is 74.3 cm³/mol. The maximum Gasteiger partial charge on any atom is 0.143 e. The SMILES string of the molecule is CC(Nc1cc(Cl)c(F)cc1N)c1ccc(F)cc1. The quantitative estimate of drug-likeness (QED) is 0.820. The van der Waals surface area contributed by atoms with Gasteiger partial charge in [-0.1, -0.05) is 23.7 Å². The molecule has 0 aliphatic heterocycles. The fraction of sp³-hybridized carbons (Fsp3) is 0.143. The molecule has 0 heterocycles. The highest BCUT2D eigenvalue weighted by Crippen LogP contribution is 2.29. The predicted octanol–water partition coefficient (Wildman–Crippen LogP) is 4.37. The van der Waals surface area contributed by atoms with E-state index in [1.807, 2.05) is 6.92 Å². The summed E-state index contributed by atoms with van der Waals surface area (Å²) < 4.78 is 26.0. The van der Waals surface area contributed by atoms with Crippen molar-refractivity contribution in [3.8, 4) is 0 Å². The van der Waals surface area contributed by atoms with Crippen molar-refractivity contribution in [1.29, 1.82) is 0 Å². The first-order chi connectivity index (χ1) is 8.97. The Morgan fingerprint density at radius 1 is 1.16 bits per heavy atom. The number of anilines is 2. The molecule has 0 radical (unpaired) electrons. The minimum atomic E-state index is -0.556. The van der Waals surface area contributed by atoms with E-state index in [1.165, 1.54) is 24.3 Å². The van der Waals surface area contributed by atoms with E-state index in [-0.39, 0.29) is 22.6 Å². The molecule has 0 spiro atoms. The Balaban J connectivity index is 2.21. The maximum absolute atomic E-state index is 13.2. The normalized spacial score (nSPS) is 12.2. The van der Waals surface area contributed by atoms with Crippen LogP contribution >= 0.6 is 11.6 Å². The molecule has 0 aromatic heterocycles. The maximum atomic E-state index is 13.2. The second-order valence-corrected chi connectivity index (χ2v) is 4.68. The Morgan fingerprint density at radius 3 is 2.42 bits per heavy atom. The van der Waals surface area contributed by atoms with Gasteiger partial charge in [0.15, 0.2) is 0 Å². The van der Waals surface area contributed by atoms with Gasteiger partial charge in [-0.15, -0.1) is 0 Å². The van der Waals surface area contributed by atoms with Crippen molar-refractivity contribution in [1.82, 2.24) is 0 Å². The summed E-state index contributed by atoms with van der Waals surface area (Å²) in [5.41, 5.74) is 7.43. The fourth-order valence-electron chi connectivity index (χ4n) is 1.76. The topological polar surface area (TPSA) is 38.0 Å². The molecule has 19 heavy (non-hydrogen) atoms. The van der Waals surface area contributed by atoms with Crippen LogP contribution in [0.4, 0.5) is 20.2 Å². The van der Waals surface area contributed by atoms with E-state index in [9.17, 15) is 8.78 Å². The molecule has 0 saturated carbocycles. The van der Waals surface area contributed by atoms with Gasteiger partial charge in [-0.25, -0.2) is 8.78 Å². The summed E-state index contributed by atoms with van der Waals surface area (Å²) in [6.45, 7) is 1.89. The third kappa shape index (κ3) is 3.15.